The van der Waals surface area contributed by atoms with E-state index in [4.69, 9.17) is 0 Å². The number of nitrogens with zero attached hydrogens (tertiary/aromatic N) is 5. The van der Waals surface area contributed by atoms with Gasteiger partial charge < -0.3 is 9.47 Å². The van der Waals surface area contributed by atoms with Crippen LogP contribution in [0.15, 0.2) is 33.8 Å². The molecule has 2 aromatic heterocycles. The van der Waals surface area contributed by atoms with Gasteiger partial charge in [0.1, 0.15) is 5.82 Å². The van der Waals surface area contributed by atoms with Crippen LogP contribution in [0.1, 0.15) is 39.4 Å². The lowest BCUT2D eigenvalue weighted by atomic mass is 9.99. The van der Waals surface area contributed by atoms with E-state index in [9.17, 15) is 4.79 Å². The molecule has 9 heteroatoms. The number of aromatic nitrogens is 4. The minimum absolute atomic E-state index is 0.155. The molecule has 0 radical (unpaired) electrons. The van der Waals surface area contributed by atoms with E-state index in [0.717, 1.165) is 59.2 Å². The summed E-state index contributed by atoms with van der Waals surface area (Å²) in [6.45, 7) is 8.86. The molecule has 3 heterocycles. The lowest BCUT2D eigenvalue weighted by Crippen LogP contribution is -2.41. The number of para-hydroxylation sites is 1. The number of hydrogen-bond acceptors (Lipinski definition) is 7. The minimum atomic E-state index is -0.155. The third-order valence-corrected chi connectivity index (χ3v) is 8.68. The second-order valence-corrected chi connectivity index (χ2v) is 11.2. The first-order valence-electron chi connectivity index (χ1n) is 10.4. The topological polar surface area (TPSA) is 63.9 Å². The molecule has 160 valence electrons. The van der Waals surface area contributed by atoms with Crippen LogP contribution in [0.2, 0.25) is 0 Å². The Bertz CT molecular complexity index is 976. The summed E-state index contributed by atoms with van der Waals surface area (Å²) in [7, 11) is 0. The molecule has 1 atom stereocenters. The third kappa shape index (κ3) is 4.84. The molecule has 4 rings (SSSR count). The summed E-state index contributed by atoms with van der Waals surface area (Å²) < 4.78 is 4.36. The number of hydrogen-bond donors (Lipinski definition) is 0. The summed E-state index contributed by atoms with van der Waals surface area (Å²) in [5.41, 5.74) is 1.04. The van der Waals surface area contributed by atoms with E-state index in [1.165, 1.54) is 16.5 Å². The number of piperidine rings is 1. The predicted octanol–water partition coefficient (Wildman–Crippen LogP) is 4.94. The summed E-state index contributed by atoms with van der Waals surface area (Å²) >= 11 is 4.92. The Balaban J connectivity index is 1.39. The first-order chi connectivity index (χ1) is 14.5. The van der Waals surface area contributed by atoms with Gasteiger partial charge in [-0.25, -0.2) is 4.98 Å². The van der Waals surface area contributed by atoms with Gasteiger partial charge in [0.25, 0.3) is 0 Å². The molecule has 1 aromatic carbocycles. The van der Waals surface area contributed by atoms with Crippen molar-refractivity contribution < 1.29 is 4.79 Å². The zero-order valence-electron chi connectivity index (χ0n) is 17.6. The van der Waals surface area contributed by atoms with E-state index >= 15 is 0 Å². The fourth-order valence-corrected chi connectivity index (χ4v) is 6.59. The third-order valence-electron chi connectivity index (χ3n) is 5.43. The first kappa shape index (κ1) is 21.6. The number of thiazole rings is 1. The van der Waals surface area contributed by atoms with Crippen molar-refractivity contribution in [2.45, 2.75) is 60.7 Å². The molecule has 0 N–H and O–H groups in total. The number of thioether (sulfide) groups is 2. The Morgan fingerprint density at radius 2 is 2.03 bits per heavy atom. The summed E-state index contributed by atoms with van der Waals surface area (Å²) in [6.07, 6.45) is 2.20. The fourth-order valence-electron chi connectivity index (χ4n) is 3.56. The minimum Gasteiger partial charge on any atom is -0.342 e. The van der Waals surface area contributed by atoms with Gasteiger partial charge in [-0.3, -0.25) is 4.79 Å². The standard InChI is InChI=1S/C21H27N5OS3/c1-4-26-18(13-28-21-22-16-7-5-6-8-17(16)30-21)23-24-20(26)29-15(3)19(27)25-11-9-14(2)10-12-25/h5-8,14-15H,4,9-13H2,1-3H3. The molecular formula is C21H27N5OS3. The number of benzene rings is 1. The maximum Gasteiger partial charge on any atom is 0.235 e. The Labute approximate surface area is 189 Å². The largest absolute Gasteiger partial charge is 0.342 e. The van der Waals surface area contributed by atoms with Crippen LogP contribution >= 0.6 is 34.9 Å². The summed E-state index contributed by atoms with van der Waals surface area (Å²) in [6, 6.07) is 8.20. The Morgan fingerprint density at radius 1 is 1.27 bits per heavy atom. The smallest absolute Gasteiger partial charge is 0.235 e. The van der Waals surface area contributed by atoms with E-state index < -0.39 is 0 Å². The molecule has 3 aromatic rings. The fraction of sp³-hybridized carbons (Fsp3) is 0.524. The maximum atomic E-state index is 12.8. The molecule has 1 aliphatic rings. The van der Waals surface area contributed by atoms with Crippen LogP contribution in [-0.2, 0) is 17.1 Å². The number of carbonyl (C=O) groups is 1. The van der Waals surface area contributed by atoms with Crippen LogP contribution in [-0.4, -0.2) is 48.9 Å². The van der Waals surface area contributed by atoms with E-state index in [-0.39, 0.29) is 11.2 Å². The molecule has 1 unspecified atom stereocenters. The molecule has 30 heavy (non-hydrogen) atoms. The van der Waals surface area contributed by atoms with Crippen molar-refractivity contribution in [2.75, 3.05) is 13.1 Å². The zero-order chi connectivity index (χ0) is 21.1. The van der Waals surface area contributed by atoms with E-state index in [0.29, 0.717) is 5.75 Å². The van der Waals surface area contributed by atoms with Gasteiger partial charge in [-0.2, -0.15) is 0 Å². The van der Waals surface area contributed by atoms with Crippen LogP contribution in [0.5, 0.6) is 0 Å². The highest BCUT2D eigenvalue weighted by Gasteiger charge is 2.26. The Morgan fingerprint density at radius 3 is 2.77 bits per heavy atom. The molecule has 0 aliphatic carbocycles. The number of likely N-dealkylation sites (tertiary alicyclic amines) is 1. The van der Waals surface area contributed by atoms with Crippen LogP contribution in [0.25, 0.3) is 10.2 Å². The van der Waals surface area contributed by atoms with Gasteiger partial charge >= 0.3 is 0 Å². The molecule has 0 bridgehead atoms. The quantitative estimate of drug-likeness (QED) is 0.465. The highest BCUT2D eigenvalue weighted by Crippen LogP contribution is 2.32. The number of rotatable bonds is 7. The molecule has 0 saturated carbocycles. The summed E-state index contributed by atoms with van der Waals surface area (Å²) in [5, 5.41) is 9.48. The van der Waals surface area contributed by atoms with Gasteiger partial charge in [0, 0.05) is 19.6 Å². The Kier molecular flexibility index (Phi) is 7.00. The molecule has 1 aliphatic heterocycles. The van der Waals surface area contributed by atoms with Crippen LogP contribution < -0.4 is 0 Å². The average Bonchev–Trinajstić information content (AvgIpc) is 3.35. The van der Waals surface area contributed by atoms with E-state index in [1.807, 2.05) is 30.0 Å². The maximum absolute atomic E-state index is 12.8. The first-order valence-corrected chi connectivity index (χ1v) is 13.1. The van der Waals surface area contributed by atoms with Crippen molar-refractivity contribution in [2.24, 2.45) is 5.92 Å². The highest BCUT2D eigenvalue weighted by molar-refractivity contribution is 8.00. The molecule has 1 fully saturated rings. The molecule has 1 saturated heterocycles. The summed E-state index contributed by atoms with van der Waals surface area (Å²) in [4.78, 5) is 19.5. The van der Waals surface area contributed by atoms with E-state index in [2.05, 4.69) is 39.7 Å². The molecule has 0 spiro atoms. The Hall–Kier alpha value is -1.58. The number of carbonyl (C=O) groups excluding carboxylic acids is 1. The second-order valence-electron chi connectivity index (χ2n) is 7.65. The van der Waals surface area contributed by atoms with Crippen LogP contribution in [0.3, 0.4) is 0 Å². The van der Waals surface area contributed by atoms with Crippen molar-refractivity contribution in [3.05, 3.63) is 30.1 Å². The van der Waals surface area contributed by atoms with Gasteiger partial charge in [-0.1, -0.05) is 42.6 Å². The normalized spacial score (nSPS) is 16.3. The SMILES string of the molecule is CCn1c(CSc2nc3ccccc3s2)nnc1SC(C)C(=O)N1CCC(C)CC1. The predicted molar refractivity (Wildman–Crippen MR) is 125 cm³/mol. The lowest BCUT2D eigenvalue weighted by Gasteiger charge is -2.31. The monoisotopic (exact) mass is 461 g/mol. The number of amides is 1. The van der Waals surface area contributed by atoms with Gasteiger partial charge in [0.2, 0.25) is 5.91 Å². The van der Waals surface area contributed by atoms with Crippen molar-refractivity contribution in [3.8, 4) is 0 Å². The van der Waals surface area contributed by atoms with Crippen molar-refractivity contribution in [1.29, 1.82) is 0 Å². The zero-order valence-corrected chi connectivity index (χ0v) is 20.0. The van der Waals surface area contributed by atoms with Gasteiger partial charge in [-0.05, 0) is 44.7 Å². The molecule has 1 amide bonds. The van der Waals surface area contributed by atoms with Gasteiger partial charge in [-0.15, -0.1) is 21.5 Å². The molecular weight excluding hydrogens is 434 g/mol. The summed E-state index contributed by atoms with van der Waals surface area (Å²) in [5.74, 6) is 2.57. The van der Waals surface area contributed by atoms with Crippen LogP contribution in [0, 0.1) is 5.92 Å². The van der Waals surface area contributed by atoms with Gasteiger partial charge in [0.15, 0.2) is 9.50 Å². The molecule has 6 nitrogen and oxygen atoms in total. The number of fused-ring (bicyclic) bond motifs is 1. The van der Waals surface area contributed by atoms with Crippen molar-refractivity contribution >= 4 is 51.0 Å². The van der Waals surface area contributed by atoms with Crippen LogP contribution in [0.4, 0.5) is 0 Å². The lowest BCUT2D eigenvalue weighted by molar-refractivity contribution is -0.131. The second kappa shape index (κ2) is 9.70. The van der Waals surface area contributed by atoms with Crippen molar-refractivity contribution in [3.63, 3.8) is 0 Å². The van der Waals surface area contributed by atoms with Gasteiger partial charge in [0.05, 0.1) is 21.2 Å². The van der Waals surface area contributed by atoms with E-state index in [1.54, 1.807) is 23.1 Å². The van der Waals surface area contributed by atoms with Crippen molar-refractivity contribution in [1.82, 2.24) is 24.6 Å². The highest BCUT2D eigenvalue weighted by atomic mass is 32.2. The average molecular weight is 462 g/mol.